The summed E-state index contributed by atoms with van der Waals surface area (Å²) in [5.41, 5.74) is 8.59. The fourth-order valence-electron chi connectivity index (χ4n) is 2.66. The van der Waals surface area contributed by atoms with Crippen LogP contribution in [0.2, 0.25) is 0 Å². The molecule has 0 aliphatic carbocycles. The van der Waals surface area contributed by atoms with Crippen LogP contribution in [-0.4, -0.2) is 39.4 Å². The van der Waals surface area contributed by atoms with Gasteiger partial charge in [0.25, 0.3) is 5.91 Å². The molecule has 0 bridgehead atoms. The average molecular weight is 325 g/mol. The topological polar surface area (TPSA) is 77.2 Å². The minimum absolute atomic E-state index is 0.135. The largest absolute Gasteiger partial charge is 0.497 e. The van der Waals surface area contributed by atoms with E-state index in [9.17, 15) is 4.79 Å². The molecule has 124 valence electrons. The molecular weight excluding hydrogens is 306 g/mol. The van der Waals surface area contributed by atoms with E-state index in [1.165, 1.54) is 0 Å². The summed E-state index contributed by atoms with van der Waals surface area (Å²) in [7, 11) is 3.11. The number of fused-ring (bicyclic) bond motifs is 1. The van der Waals surface area contributed by atoms with Gasteiger partial charge < -0.3 is 20.1 Å². The van der Waals surface area contributed by atoms with E-state index in [1.807, 2.05) is 12.1 Å². The van der Waals surface area contributed by atoms with Gasteiger partial charge in [-0.2, -0.15) is 0 Å². The van der Waals surface area contributed by atoms with Gasteiger partial charge in [0.1, 0.15) is 11.5 Å². The Kier molecular flexibility index (Phi) is 4.37. The quantitative estimate of drug-likeness (QED) is 0.879. The minimum Gasteiger partial charge on any atom is -0.497 e. The van der Waals surface area contributed by atoms with Gasteiger partial charge in [0.05, 0.1) is 26.5 Å². The van der Waals surface area contributed by atoms with Crippen molar-refractivity contribution in [1.82, 2.24) is 0 Å². The molecule has 0 atom stereocenters. The molecule has 1 aliphatic heterocycles. The van der Waals surface area contributed by atoms with Crippen LogP contribution in [0.4, 0.5) is 11.4 Å². The Balaban J connectivity index is 2.02. The molecule has 6 heteroatoms. The van der Waals surface area contributed by atoms with Gasteiger partial charge in [0.15, 0.2) is 0 Å². The number of rotatable bonds is 3. The fraction of sp³-hybridized carbons (Fsp3) is 0.222. The Bertz CT molecular complexity index is 780. The van der Waals surface area contributed by atoms with Gasteiger partial charge in [-0.25, -0.2) is 0 Å². The zero-order valence-electron chi connectivity index (χ0n) is 13.7. The molecule has 0 radical (unpaired) electrons. The Hall–Kier alpha value is -3.02. The van der Waals surface area contributed by atoms with Gasteiger partial charge in [0, 0.05) is 35.6 Å². The highest BCUT2D eigenvalue weighted by molar-refractivity contribution is 6.09. The molecule has 3 rings (SSSR count). The summed E-state index contributed by atoms with van der Waals surface area (Å²) < 4.78 is 10.5. The lowest BCUT2D eigenvalue weighted by Gasteiger charge is -2.23. The standard InChI is InChI=1S/C18H19N3O3/c1-23-15-8-12(9-16(10-15)24-2)18(22)21-6-5-20-11-13-7-14(19)3-4-17(13)21/h3-4,7-11H,5-6,19H2,1-2H3. The summed E-state index contributed by atoms with van der Waals surface area (Å²) in [5, 5.41) is 0. The number of nitrogens with two attached hydrogens (primary N) is 1. The van der Waals surface area contributed by atoms with Crippen molar-refractivity contribution < 1.29 is 14.3 Å². The Morgan fingerprint density at radius 2 is 1.83 bits per heavy atom. The first-order valence-electron chi connectivity index (χ1n) is 7.56. The maximum absolute atomic E-state index is 13.1. The Labute approximate surface area is 140 Å². The lowest BCUT2D eigenvalue weighted by Crippen LogP contribution is -2.33. The number of aliphatic imine (C=N–C) groups is 1. The Morgan fingerprint density at radius 3 is 2.50 bits per heavy atom. The summed E-state index contributed by atoms with van der Waals surface area (Å²) >= 11 is 0. The molecular formula is C18H19N3O3. The minimum atomic E-state index is -0.135. The predicted octanol–water partition coefficient (Wildman–Crippen LogP) is 2.37. The van der Waals surface area contributed by atoms with Crippen molar-refractivity contribution >= 4 is 23.5 Å². The van der Waals surface area contributed by atoms with Crippen LogP contribution in [0.25, 0.3) is 0 Å². The van der Waals surface area contributed by atoms with Crippen LogP contribution >= 0.6 is 0 Å². The molecule has 6 nitrogen and oxygen atoms in total. The molecule has 0 aromatic heterocycles. The molecule has 2 aromatic rings. The highest BCUT2D eigenvalue weighted by Crippen LogP contribution is 2.28. The van der Waals surface area contributed by atoms with Crippen LogP contribution in [0, 0.1) is 0 Å². The maximum atomic E-state index is 13.1. The summed E-state index contributed by atoms with van der Waals surface area (Å²) in [5.74, 6) is 1.01. The van der Waals surface area contributed by atoms with Crippen LogP contribution in [0.5, 0.6) is 11.5 Å². The van der Waals surface area contributed by atoms with E-state index in [4.69, 9.17) is 15.2 Å². The smallest absolute Gasteiger partial charge is 0.258 e. The molecule has 1 heterocycles. The van der Waals surface area contributed by atoms with Crippen LogP contribution in [0.15, 0.2) is 41.4 Å². The molecule has 0 spiro atoms. The number of methoxy groups -OCH3 is 2. The second-order valence-electron chi connectivity index (χ2n) is 5.41. The zero-order chi connectivity index (χ0) is 17.1. The van der Waals surface area contributed by atoms with Gasteiger partial charge in [-0.1, -0.05) is 0 Å². The first-order valence-corrected chi connectivity index (χ1v) is 7.56. The van der Waals surface area contributed by atoms with E-state index in [0.29, 0.717) is 35.8 Å². The number of benzene rings is 2. The van der Waals surface area contributed by atoms with Gasteiger partial charge in [-0.05, 0) is 30.3 Å². The van der Waals surface area contributed by atoms with Gasteiger partial charge in [-0.3, -0.25) is 9.79 Å². The van der Waals surface area contributed by atoms with Gasteiger partial charge >= 0.3 is 0 Å². The number of benzodiazepines with no additional fused rings is 1. The van der Waals surface area contributed by atoms with Crippen molar-refractivity contribution in [1.29, 1.82) is 0 Å². The van der Waals surface area contributed by atoms with Crippen molar-refractivity contribution in [2.24, 2.45) is 4.99 Å². The second kappa shape index (κ2) is 6.62. The van der Waals surface area contributed by atoms with Crippen molar-refractivity contribution in [3.05, 3.63) is 47.5 Å². The van der Waals surface area contributed by atoms with E-state index in [1.54, 1.807) is 49.6 Å². The SMILES string of the molecule is COc1cc(OC)cc(C(=O)N2CCN=Cc3cc(N)ccc32)c1. The fourth-order valence-corrected chi connectivity index (χ4v) is 2.66. The van der Waals surface area contributed by atoms with Crippen LogP contribution in [-0.2, 0) is 0 Å². The number of anilines is 2. The van der Waals surface area contributed by atoms with E-state index in [-0.39, 0.29) is 5.91 Å². The van der Waals surface area contributed by atoms with Crippen molar-refractivity contribution in [2.45, 2.75) is 0 Å². The maximum Gasteiger partial charge on any atom is 0.258 e. The summed E-state index contributed by atoms with van der Waals surface area (Å²) in [6.07, 6.45) is 1.76. The van der Waals surface area contributed by atoms with Crippen LogP contribution < -0.4 is 20.1 Å². The number of carbonyl (C=O) groups is 1. The third-order valence-electron chi connectivity index (χ3n) is 3.87. The van der Waals surface area contributed by atoms with E-state index in [2.05, 4.69) is 4.99 Å². The summed E-state index contributed by atoms with van der Waals surface area (Å²) in [6.45, 7) is 1.02. The number of amides is 1. The molecule has 0 saturated carbocycles. The van der Waals surface area contributed by atoms with E-state index in [0.717, 1.165) is 11.3 Å². The average Bonchev–Trinajstić information content (AvgIpc) is 2.82. The number of hydrogen-bond donors (Lipinski definition) is 1. The monoisotopic (exact) mass is 325 g/mol. The highest BCUT2D eigenvalue weighted by Gasteiger charge is 2.22. The predicted molar refractivity (Wildman–Crippen MR) is 94.5 cm³/mol. The molecule has 0 unspecified atom stereocenters. The first-order chi connectivity index (χ1) is 11.6. The normalized spacial score (nSPS) is 13.2. The van der Waals surface area contributed by atoms with E-state index < -0.39 is 0 Å². The number of carbonyl (C=O) groups excluding carboxylic acids is 1. The van der Waals surface area contributed by atoms with Crippen molar-refractivity contribution in [3.63, 3.8) is 0 Å². The molecule has 24 heavy (non-hydrogen) atoms. The molecule has 0 saturated heterocycles. The lowest BCUT2D eigenvalue weighted by atomic mass is 10.1. The molecule has 2 N–H and O–H groups in total. The molecule has 0 fully saturated rings. The first kappa shape index (κ1) is 15.9. The summed E-state index contributed by atoms with van der Waals surface area (Å²) in [4.78, 5) is 19.1. The lowest BCUT2D eigenvalue weighted by molar-refractivity contribution is 0.0987. The Morgan fingerprint density at radius 1 is 1.12 bits per heavy atom. The zero-order valence-corrected chi connectivity index (χ0v) is 13.7. The second-order valence-corrected chi connectivity index (χ2v) is 5.41. The highest BCUT2D eigenvalue weighted by atomic mass is 16.5. The van der Waals surface area contributed by atoms with Gasteiger partial charge in [-0.15, -0.1) is 0 Å². The van der Waals surface area contributed by atoms with Crippen LogP contribution in [0.1, 0.15) is 15.9 Å². The number of hydrogen-bond acceptors (Lipinski definition) is 5. The third kappa shape index (κ3) is 3.03. The van der Waals surface area contributed by atoms with Gasteiger partial charge in [0.2, 0.25) is 0 Å². The number of ether oxygens (including phenoxy) is 2. The third-order valence-corrected chi connectivity index (χ3v) is 3.87. The molecule has 1 aliphatic rings. The molecule has 2 aromatic carbocycles. The van der Waals surface area contributed by atoms with Crippen LogP contribution in [0.3, 0.4) is 0 Å². The number of nitrogen functional groups attached to an aromatic ring is 1. The van der Waals surface area contributed by atoms with Crippen molar-refractivity contribution in [3.8, 4) is 11.5 Å². The molecule has 1 amide bonds. The number of nitrogens with zero attached hydrogens (tertiary/aromatic N) is 2. The van der Waals surface area contributed by atoms with E-state index >= 15 is 0 Å². The van der Waals surface area contributed by atoms with Crippen molar-refractivity contribution in [2.75, 3.05) is 37.9 Å². The summed E-state index contributed by atoms with van der Waals surface area (Å²) in [6, 6.07) is 10.6.